The maximum absolute atomic E-state index is 9.38. The van der Waals surface area contributed by atoms with E-state index in [1.54, 1.807) is 4.68 Å². The van der Waals surface area contributed by atoms with Gasteiger partial charge in [-0.05, 0) is 38.0 Å². The Bertz CT molecular complexity index is 573. The van der Waals surface area contributed by atoms with Crippen LogP contribution in [0.15, 0.2) is 18.2 Å². The third-order valence-electron chi connectivity index (χ3n) is 3.21. The number of aliphatic hydroxyl groups excluding tert-OH is 1. The Labute approximate surface area is 107 Å². The first-order chi connectivity index (χ1) is 8.54. The number of aromatic nitrogens is 2. The van der Waals surface area contributed by atoms with Crippen molar-refractivity contribution in [3.8, 4) is 11.6 Å². The summed E-state index contributed by atoms with van der Waals surface area (Å²) in [5, 5.41) is 13.6. The van der Waals surface area contributed by atoms with Gasteiger partial charge in [-0.1, -0.05) is 12.1 Å². The van der Waals surface area contributed by atoms with Gasteiger partial charge in [-0.2, -0.15) is 5.10 Å². The molecule has 0 aliphatic rings. The molecule has 2 aromatic rings. The minimum absolute atomic E-state index is 0.0696. The van der Waals surface area contributed by atoms with Crippen molar-refractivity contribution in [3.05, 3.63) is 40.6 Å². The number of hydrogen-bond acceptors (Lipinski definition) is 3. The Morgan fingerprint density at radius 2 is 2.00 bits per heavy atom. The van der Waals surface area contributed by atoms with Gasteiger partial charge in [-0.15, -0.1) is 0 Å². The zero-order valence-electron chi connectivity index (χ0n) is 11.2. The van der Waals surface area contributed by atoms with E-state index in [1.165, 1.54) is 5.56 Å². The molecule has 4 heteroatoms. The fraction of sp³-hybridized carbons (Fsp3) is 0.357. The first kappa shape index (κ1) is 12.6. The highest BCUT2D eigenvalue weighted by molar-refractivity contribution is 5.42. The zero-order chi connectivity index (χ0) is 13.3. The summed E-state index contributed by atoms with van der Waals surface area (Å²) in [4.78, 5) is 0. The minimum Gasteiger partial charge on any atom is -0.439 e. The van der Waals surface area contributed by atoms with E-state index >= 15 is 0 Å². The monoisotopic (exact) mass is 246 g/mol. The van der Waals surface area contributed by atoms with E-state index in [2.05, 4.69) is 5.10 Å². The Balaban J connectivity index is 2.43. The molecule has 0 fully saturated rings. The molecule has 2 rings (SSSR count). The van der Waals surface area contributed by atoms with Gasteiger partial charge in [0.2, 0.25) is 5.88 Å². The van der Waals surface area contributed by atoms with Gasteiger partial charge in [-0.3, -0.25) is 0 Å². The van der Waals surface area contributed by atoms with E-state index in [9.17, 15) is 5.11 Å². The fourth-order valence-electron chi connectivity index (χ4n) is 1.93. The normalized spacial score (nSPS) is 10.7. The van der Waals surface area contributed by atoms with Crippen LogP contribution in [0, 0.1) is 20.8 Å². The van der Waals surface area contributed by atoms with Crippen LogP contribution in [0.1, 0.15) is 22.4 Å². The van der Waals surface area contributed by atoms with Crippen molar-refractivity contribution in [1.82, 2.24) is 9.78 Å². The lowest BCUT2D eigenvalue weighted by Crippen LogP contribution is -1.98. The molecule has 1 N–H and O–H groups in total. The second kappa shape index (κ2) is 4.82. The molecule has 0 saturated heterocycles. The average molecular weight is 246 g/mol. The fourth-order valence-corrected chi connectivity index (χ4v) is 1.93. The molecule has 0 aliphatic carbocycles. The zero-order valence-corrected chi connectivity index (χ0v) is 11.2. The number of rotatable bonds is 3. The van der Waals surface area contributed by atoms with Crippen LogP contribution in [-0.4, -0.2) is 14.9 Å². The molecule has 0 unspecified atom stereocenters. The van der Waals surface area contributed by atoms with Crippen molar-refractivity contribution in [2.24, 2.45) is 7.05 Å². The lowest BCUT2D eigenvalue weighted by atomic mass is 10.1. The van der Waals surface area contributed by atoms with Gasteiger partial charge in [0.1, 0.15) is 5.75 Å². The molecular formula is C14H18N2O2. The van der Waals surface area contributed by atoms with Crippen molar-refractivity contribution in [2.45, 2.75) is 27.4 Å². The molecule has 0 spiro atoms. The summed E-state index contributed by atoms with van der Waals surface area (Å²) in [6.07, 6.45) is 0. The van der Waals surface area contributed by atoms with Crippen LogP contribution in [0.2, 0.25) is 0 Å². The standard InChI is InChI=1S/C14H18N2O2/c1-9-6-5-7-13(10(9)2)18-14-12(8-17)11(3)15-16(14)4/h5-7,17H,8H2,1-4H3. The minimum atomic E-state index is -0.0696. The summed E-state index contributed by atoms with van der Waals surface area (Å²) in [5.41, 5.74) is 3.80. The highest BCUT2D eigenvalue weighted by Crippen LogP contribution is 2.30. The third kappa shape index (κ3) is 2.11. The predicted molar refractivity (Wildman–Crippen MR) is 69.9 cm³/mol. The van der Waals surface area contributed by atoms with E-state index < -0.39 is 0 Å². The quantitative estimate of drug-likeness (QED) is 0.905. The van der Waals surface area contributed by atoms with E-state index in [4.69, 9.17) is 4.74 Å². The van der Waals surface area contributed by atoms with Crippen LogP contribution in [0.4, 0.5) is 0 Å². The van der Waals surface area contributed by atoms with E-state index in [1.807, 2.05) is 46.0 Å². The van der Waals surface area contributed by atoms with Gasteiger partial charge in [-0.25, -0.2) is 4.68 Å². The van der Waals surface area contributed by atoms with Crippen molar-refractivity contribution < 1.29 is 9.84 Å². The SMILES string of the molecule is Cc1cccc(Oc2c(CO)c(C)nn2C)c1C. The molecular weight excluding hydrogens is 228 g/mol. The Hall–Kier alpha value is -1.81. The number of benzene rings is 1. The summed E-state index contributed by atoms with van der Waals surface area (Å²) in [6.45, 7) is 5.86. The summed E-state index contributed by atoms with van der Waals surface area (Å²) in [5.74, 6) is 1.40. The molecule has 4 nitrogen and oxygen atoms in total. The topological polar surface area (TPSA) is 47.3 Å². The Kier molecular flexibility index (Phi) is 3.39. The largest absolute Gasteiger partial charge is 0.439 e. The molecule has 0 radical (unpaired) electrons. The van der Waals surface area contributed by atoms with Crippen molar-refractivity contribution in [3.63, 3.8) is 0 Å². The predicted octanol–water partition coefficient (Wildman–Crippen LogP) is 2.63. The average Bonchev–Trinajstić information content (AvgIpc) is 2.59. The molecule has 0 atom stereocenters. The van der Waals surface area contributed by atoms with Crippen LogP contribution in [-0.2, 0) is 13.7 Å². The van der Waals surface area contributed by atoms with E-state index in [0.717, 1.165) is 22.6 Å². The highest BCUT2D eigenvalue weighted by Gasteiger charge is 2.15. The van der Waals surface area contributed by atoms with Crippen LogP contribution in [0.3, 0.4) is 0 Å². The van der Waals surface area contributed by atoms with Gasteiger partial charge in [0.25, 0.3) is 0 Å². The highest BCUT2D eigenvalue weighted by atomic mass is 16.5. The van der Waals surface area contributed by atoms with Gasteiger partial charge in [0.15, 0.2) is 0 Å². The Morgan fingerprint density at radius 1 is 1.28 bits per heavy atom. The summed E-state index contributed by atoms with van der Waals surface area (Å²) in [6, 6.07) is 5.93. The van der Waals surface area contributed by atoms with Crippen LogP contribution in [0.25, 0.3) is 0 Å². The molecule has 0 amide bonds. The summed E-state index contributed by atoms with van der Waals surface area (Å²) < 4.78 is 7.56. The second-order valence-electron chi connectivity index (χ2n) is 4.45. The third-order valence-corrected chi connectivity index (χ3v) is 3.21. The first-order valence-electron chi connectivity index (χ1n) is 5.92. The van der Waals surface area contributed by atoms with Gasteiger partial charge in [0.05, 0.1) is 17.9 Å². The van der Waals surface area contributed by atoms with Crippen molar-refractivity contribution >= 4 is 0 Å². The molecule has 96 valence electrons. The summed E-state index contributed by atoms with van der Waals surface area (Å²) >= 11 is 0. The van der Waals surface area contributed by atoms with E-state index in [-0.39, 0.29) is 6.61 Å². The molecule has 18 heavy (non-hydrogen) atoms. The van der Waals surface area contributed by atoms with Crippen LogP contribution >= 0.6 is 0 Å². The molecule has 1 heterocycles. The van der Waals surface area contributed by atoms with Gasteiger partial charge in [0, 0.05) is 7.05 Å². The molecule has 0 saturated carbocycles. The maximum Gasteiger partial charge on any atom is 0.223 e. The first-order valence-corrected chi connectivity index (χ1v) is 5.92. The second-order valence-corrected chi connectivity index (χ2v) is 4.45. The molecule has 1 aromatic heterocycles. The maximum atomic E-state index is 9.38. The van der Waals surface area contributed by atoms with Crippen molar-refractivity contribution in [2.75, 3.05) is 0 Å². The molecule has 1 aromatic carbocycles. The molecule has 0 aliphatic heterocycles. The molecule has 0 bridgehead atoms. The smallest absolute Gasteiger partial charge is 0.223 e. The summed E-state index contributed by atoms with van der Waals surface area (Å²) in [7, 11) is 1.81. The van der Waals surface area contributed by atoms with Crippen LogP contribution < -0.4 is 4.74 Å². The number of nitrogens with zero attached hydrogens (tertiary/aromatic N) is 2. The number of ether oxygens (including phenoxy) is 1. The number of aryl methyl sites for hydroxylation is 3. The lowest BCUT2D eigenvalue weighted by molar-refractivity contribution is 0.274. The lowest BCUT2D eigenvalue weighted by Gasteiger charge is -2.11. The number of aliphatic hydroxyl groups is 1. The van der Waals surface area contributed by atoms with Crippen molar-refractivity contribution in [1.29, 1.82) is 0 Å². The Morgan fingerprint density at radius 3 is 2.67 bits per heavy atom. The van der Waals surface area contributed by atoms with Gasteiger partial charge >= 0.3 is 0 Å². The van der Waals surface area contributed by atoms with E-state index in [0.29, 0.717) is 5.88 Å². The van der Waals surface area contributed by atoms with Gasteiger partial charge < -0.3 is 9.84 Å². The van der Waals surface area contributed by atoms with Crippen LogP contribution in [0.5, 0.6) is 11.6 Å². The number of hydrogen-bond donors (Lipinski definition) is 1.